The van der Waals surface area contributed by atoms with Crippen molar-refractivity contribution >= 4 is 5.97 Å². The Hall–Kier alpha value is -0.790. The van der Waals surface area contributed by atoms with Crippen LogP contribution < -0.4 is 0 Å². The van der Waals surface area contributed by atoms with Crippen LogP contribution in [0.2, 0.25) is 0 Å². The zero-order chi connectivity index (χ0) is 9.35. The Labute approximate surface area is 73.6 Å². The summed E-state index contributed by atoms with van der Waals surface area (Å²) in [4.78, 5) is 11.3. The summed E-state index contributed by atoms with van der Waals surface area (Å²) in [6.45, 7) is 9.26. The van der Waals surface area contributed by atoms with Crippen LogP contribution in [0.4, 0.5) is 0 Å². The van der Waals surface area contributed by atoms with E-state index < -0.39 is 5.41 Å². The van der Waals surface area contributed by atoms with Crippen LogP contribution in [-0.4, -0.2) is 5.97 Å². The molecule has 12 heavy (non-hydrogen) atoms. The van der Waals surface area contributed by atoms with E-state index in [-0.39, 0.29) is 5.97 Å². The van der Waals surface area contributed by atoms with Gasteiger partial charge in [0.05, 0.1) is 5.41 Å². The number of allylic oxidation sites excluding steroid dienone is 1. The maximum Gasteiger partial charge on any atom is 0.316 e. The first-order chi connectivity index (χ1) is 5.41. The Kier molecular flexibility index (Phi) is 2.27. The third-order valence-electron chi connectivity index (χ3n) is 1.87. The molecular weight excluding hydrogens is 152 g/mol. The molecule has 0 bridgehead atoms. The van der Waals surface area contributed by atoms with Crippen LogP contribution in [0.15, 0.2) is 12.3 Å². The summed E-state index contributed by atoms with van der Waals surface area (Å²) in [5, 5.41) is 0. The molecule has 0 saturated heterocycles. The summed E-state index contributed by atoms with van der Waals surface area (Å²) >= 11 is 0. The standard InChI is InChI=1S/C10H16O2/c1-7(8-5-6-8)12-9(11)10(2,3)4/h8H,1,5-6H2,2-4H3. The van der Waals surface area contributed by atoms with Gasteiger partial charge in [-0.1, -0.05) is 6.58 Å². The molecule has 0 aliphatic heterocycles. The number of carbonyl (C=O) groups is 1. The number of ether oxygens (including phenoxy) is 1. The van der Waals surface area contributed by atoms with Gasteiger partial charge in [-0.3, -0.25) is 4.79 Å². The number of carbonyl (C=O) groups excluding carboxylic acids is 1. The number of hydrogen-bond acceptors (Lipinski definition) is 2. The highest BCUT2D eigenvalue weighted by molar-refractivity contribution is 5.76. The smallest absolute Gasteiger partial charge is 0.316 e. The van der Waals surface area contributed by atoms with Crippen molar-refractivity contribution in [3.63, 3.8) is 0 Å². The van der Waals surface area contributed by atoms with Crippen LogP contribution in [0.25, 0.3) is 0 Å². The predicted molar refractivity (Wildman–Crippen MR) is 47.4 cm³/mol. The van der Waals surface area contributed by atoms with Crippen molar-refractivity contribution in [2.75, 3.05) is 0 Å². The second kappa shape index (κ2) is 2.92. The van der Waals surface area contributed by atoms with Gasteiger partial charge in [0.15, 0.2) is 0 Å². The average molecular weight is 168 g/mol. The molecule has 1 rings (SSSR count). The Morgan fingerprint density at radius 1 is 1.42 bits per heavy atom. The molecule has 1 aliphatic carbocycles. The van der Waals surface area contributed by atoms with Crippen molar-refractivity contribution in [3.8, 4) is 0 Å². The van der Waals surface area contributed by atoms with Crippen molar-refractivity contribution in [3.05, 3.63) is 12.3 Å². The summed E-state index contributed by atoms with van der Waals surface area (Å²) in [5.74, 6) is 0.908. The van der Waals surface area contributed by atoms with E-state index in [2.05, 4.69) is 6.58 Å². The van der Waals surface area contributed by atoms with E-state index in [0.29, 0.717) is 11.7 Å². The topological polar surface area (TPSA) is 26.3 Å². The van der Waals surface area contributed by atoms with E-state index in [4.69, 9.17) is 4.74 Å². The molecule has 0 aromatic rings. The van der Waals surface area contributed by atoms with Gasteiger partial charge >= 0.3 is 5.97 Å². The predicted octanol–water partition coefficient (Wildman–Crippen LogP) is 2.50. The molecule has 0 aromatic carbocycles. The third-order valence-corrected chi connectivity index (χ3v) is 1.87. The summed E-state index contributed by atoms with van der Waals surface area (Å²) in [6, 6.07) is 0. The molecule has 0 N–H and O–H groups in total. The molecule has 0 spiro atoms. The third kappa shape index (κ3) is 2.36. The molecule has 1 fully saturated rings. The minimum Gasteiger partial charge on any atom is -0.431 e. The highest BCUT2D eigenvalue weighted by Crippen LogP contribution is 2.36. The highest BCUT2D eigenvalue weighted by Gasteiger charge is 2.31. The molecule has 2 heteroatoms. The number of esters is 1. The normalized spacial score (nSPS) is 17.2. The van der Waals surface area contributed by atoms with E-state index in [1.807, 2.05) is 20.8 Å². The fraction of sp³-hybridized carbons (Fsp3) is 0.700. The van der Waals surface area contributed by atoms with Crippen LogP contribution in [-0.2, 0) is 9.53 Å². The Balaban J connectivity index is 2.40. The van der Waals surface area contributed by atoms with Crippen LogP contribution in [0.5, 0.6) is 0 Å². The monoisotopic (exact) mass is 168 g/mol. The first-order valence-corrected chi connectivity index (χ1v) is 4.32. The van der Waals surface area contributed by atoms with Gasteiger partial charge in [-0.25, -0.2) is 0 Å². The van der Waals surface area contributed by atoms with Crippen molar-refractivity contribution in [2.24, 2.45) is 11.3 Å². The first-order valence-electron chi connectivity index (χ1n) is 4.32. The molecule has 0 atom stereocenters. The van der Waals surface area contributed by atoms with Gasteiger partial charge in [0.1, 0.15) is 5.76 Å². The SMILES string of the molecule is C=C(OC(=O)C(C)(C)C)C1CC1. The molecule has 1 aliphatic rings. The van der Waals surface area contributed by atoms with Gasteiger partial charge in [-0.15, -0.1) is 0 Å². The molecule has 0 unspecified atom stereocenters. The number of rotatable bonds is 2. The quantitative estimate of drug-likeness (QED) is 0.467. The zero-order valence-electron chi connectivity index (χ0n) is 8.02. The molecule has 2 nitrogen and oxygen atoms in total. The van der Waals surface area contributed by atoms with Crippen molar-refractivity contribution in [1.29, 1.82) is 0 Å². The highest BCUT2D eigenvalue weighted by atomic mass is 16.5. The fourth-order valence-electron chi connectivity index (χ4n) is 0.761. The van der Waals surface area contributed by atoms with E-state index >= 15 is 0 Å². The molecule has 0 aromatic heterocycles. The lowest BCUT2D eigenvalue weighted by Crippen LogP contribution is -2.22. The maximum atomic E-state index is 11.3. The molecular formula is C10H16O2. The summed E-state index contributed by atoms with van der Waals surface area (Å²) < 4.78 is 5.11. The van der Waals surface area contributed by atoms with Gasteiger partial charge in [-0.05, 0) is 33.6 Å². The summed E-state index contributed by atoms with van der Waals surface area (Å²) in [7, 11) is 0. The van der Waals surface area contributed by atoms with E-state index in [1.165, 1.54) is 0 Å². The second-order valence-corrected chi connectivity index (χ2v) is 4.38. The Bertz CT molecular complexity index is 206. The van der Waals surface area contributed by atoms with E-state index in [0.717, 1.165) is 12.8 Å². The largest absolute Gasteiger partial charge is 0.431 e. The van der Waals surface area contributed by atoms with Gasteiger partial charge in [0.25, 0.3) is 0 Å². The van der Waals surface area contributed by atoms with Crippen LogP contribution in [0.1, 0.15) is 33.6 Å². The van der Waals surface area contributed by atoms with E-state index in [9.17, 15) is 4.79 Å². The molecule has 1 saturated carbocycles. The van der Waals surface area contributed by atoms with Crippen molar-refractivity contribution in [2.45, 2.75) is 33.6 Å². The Morgan fingerprint density at radius 2 is 1.92 bits per heavy atom. The molecule has 0 heterocycles. The molecule has 68 valence electrons. The molecule has 0 radical (unpaired) electrons. The minimum atomic E-state index is -0.419. The van der Waals surface area contributed by atoms with Gasteiger partial charge < -0.3 is 4.74 Å². The van der Waals surface area contributed by atoms with Crippen LogP contribution in [0, 0.1) is 11.3 Å². The lowest BCUT2D eigenvalue weighted by Gasteiger charge is -2.17. The van der Waals surface area contributed by atoms with Crippen LogP contribution in [0.3, 0.4) is 0 Å². The minimum absolute atomic E-state index is 0.181. The molecule has 0 amide bonds. The van der Waals surface area contributed by atoms with Gasteiger partial charge in [-0.2, -0.15) is 0 Å². The zero-order valence-corrected chi connectivity index (χ0v) is 8.02. The van der Waals surface area contributed by atoms with E-state index in [1.54, 1.807) is 0 Å². The summed E-state index contributed by atoms with van der Waals surface area (Å²) in [6.07, 6.45) is 2.24. The number of hydrogen-bond donors (Lipinski definition) is 0. The van der Waals surface area contributed by atoms with Gasteiger partial charge in [0.2, 0.25) is 0 Å². The maximum absolute atomic E-state index is 11.3. The summed E-state index contributed by atoms with van der Waals surface area (Å²) in [5.41, 5.74) is -0.419. The van der Waals surface area contributed by atoms with Crippen molar-refractivity contribution < 1.29 is 9.53 Å². The Morgan fingerprint density at radius 3 is 2.25 bits per heavy atom. The first kappa shape index (κ1) is 9.30. The lowest BCUT2D eigenvalue weighted by atomic mass is 9.97. The van der Waals surface area contributed by atoms with Gasteiger partial charge in [0, 0.05) is 5.92 Å². The van der Waals surface area contributed by atoms with Crippen molar-refractivity contribution in [1.82, 2.24) is 0 Å². The second-order valence-electron chi connectivity index (χ2n) is 4.38. The lowest BCUT2D eigenvalue weighted by molar-refractivity contribution is -0.148. The average Bonchev–Trinajstić information content (AvgIpc) is 2.65. The van der Waals surface area contributed by atoms with Crippen LogP contribution >= 0.6 is 0 Å². The fourth-order valence-corrected chi connectivity index (χ4v) is 0.761.